The van der Waals surface area contributed by atoms with E-state index < -0.39 is 0 Å². The molecule has 0 N–H and O–H groups in total. The lowest BCUT2D eigenvalue weighted by Gasteiger charge is -2.22. The molecule has 1 aliphatic heterocycles. The summed E-state index contributed by atoms with van der Waals surface area (Å²) in [6.45, 7) is 1.25. The minimum absolute atomic E-state index is 0.00815. The number of hydrogen-bond donors (Lipinski definition) is 0. The maximum Gasteiger partial charge on any atom is 0.249 e. The van der Waals surface area contributed by atoms with Crippen molar-refractivity contribution < 1.29 is 14.1 Å². The smallest absolute Gasteiger partial charge is 0.249 e. The molecule has 1 aromatic carbocycles. The van der Waals surface area contributed by atoms with Crippen LogP contribution in [0.4, 0.5) is 0 Å². The average molecular weight is 327 g/mol. The van der Waals surface area contributed by atoms with E-state index in [0.29, 0.717) is 18.3 Å². The number of nitrogens with zero attached hydrogens (tertiary/aromatic N) is 3. The zero-order valence-corrected chi connectivity index (χ0v) is 13.6. The zero-order valence-electron chi connectivity index (χ0n) is 13.6. The Hall–Kier alpha value is -2.21. The molecule has 1 aromatic heterocycles. The molecule has 4 rings (SSSR count). The second-order valence-electron chi connectivity index (χ2n) is 6.49. The van der Waals surface area contributed by atoms with Crippen LogP contribution in [0.15, 0.2) is 34.9 Å². The van der Waals surface area contributed by atoms with Crippen LogP contribution in [0.3, 0.4) is 0 Å². The van der Waals surface area contributed by atoms with Gasteiger partial charge in [0.2, 0.25) is 11.8 Å². The molecule has 2 aliphatic rings. The molecule has 6 heteroatoms. The Morgan fingerprint density at radius 2 is 2.08 bits per heavy atom. The minimum atomic E-state index is -0.0749. The van der Waals surface area contributed by atoms with Gasteiger partial charge < -0.3 is 14.2 Å². The van der Waals surface area contributed by atoms with Crippen molar-refractivity contribution in [3.05, 3.63) is 47.6 Å². The van der Waals surface area contributed by atoms with Gasteiger partial charge in [-0.05, 0) is 31.2 Å². The highest BCUT2D eigenvalue weighted by molar-refractivity contribution is 5.78. The predicted octanol–water partition coefficient (Wildman–Crippen LogP) is 2.83. The number of rotatable bonds is 6. The third kappa shape index (κ3) is 3.33. The van der Waals surface area contributed by atoms with Crippen molar-refractivity contribution in [2.24, 2.45) is 0 Å². The number of aromatic nitrogens is 2. The van der Waals surface area contributed by atoms with Crippen molar-refractivity contribution in [2.75, 3.05) is 13.2 Å². The van der Waals surface area contributed by atoms with Gasteiger partial charge in [-0.1, -0.05) is 35.5 Å². The Balaban J connectivity index is 1.34. The largest absolute Gasteiger partial charge is 0.367 e. The zero-order chi connectivity index (χ0) is 16.4. The second-order valence-corrected chi connectivity index (χ2v) is 6.49. The van der Waals surface area contributed by atoms with Crippen LogP contribution in [0.5, 0.6) is 0 Å². The molecule has 24 heavy (non-hydrogen) atoms. The fourth-order valence-corrected chi connectivity index (χ4v) is 3.13. The van der Waals surface area contributed by atoms with Gasteiger partial charge in [0.1, 0.15) is 6.61 Å². The van der Waals surface area contributed by atoms with E-state index in [1.165, 1.54) is 0 Å². The first-order valence-corrected chi connectivity index (χ1v) is 8.56. The maximum absolute atomic E-state index is 12.5. The average Bonchev–Trinajstić information content (AvgIpc) is 3.14. The third-order valence-corrected chi connectivity index (χ3v) is 4.59. The summed E-state index contributed by atoms with van der Waals surface area (Å²) in [6.07, 6.45) is 4.10. The predicted molar refractivity (Wildman–Crippen MR) is 86.1 cm³/mol. The quantitative estimate of drug-likeness (QED) is 0.816. The van der Waals surface area contributed by atoms with E-state index in [2.05, 4.69) is 10.1 Å². The molecule has 126 valence electrons. The summed E-state index contributed by atoms with van der Waals surface area (Å²) in [6, 6.07) is 9.79. The summed E-state index contributed by atoms with van der Waals surface area (Å²) in [5, 5.41) is 4.10. The van der Waals surface area contributed by atoms with Gasteiger partial charge in [-0.2, -0.15) is 4.98 Å². The topological polar surface area (TPSA) is 68.5 Å². The fraction of sp³-hybridized carbons (Fsp3) is 0.500. The van der Waals surface area contributed by atoms with E-state index in [1.807, 2.05) is 35.2 Å². The number of ether oxygens (including phenoxy) is 1. The highest BCUT2D eigenvalue weighted by Gasteiger charge is 2.35. The number of amides is 1. The van der Waals surface area contributed by atoms with Gasteiger partial charge in [-0.15, -0.1) is 0 Å². The lowest BCUT2D eigenvalue weighted by Crippen LogP contribution is -2.34. The van der Waals surface area contributed by atoms with Crippen LogP contribution in [-0.2, 0) is 16.1 Å². The highest BCUT2D eigenvalue weighted by atomic mass is 16.5. The summed E-state index contributed by atoms with van der Waals surface area (Å²) in [4.78, 5) is 18.8. The van der Waals surface area contributed by atoms with Crippen LogP contribution in [0, 0.1) is 0 Å². The SMILES string of the molecule is O=C(COCc1ccccc1)N1CCCC1c1noc(C2CC2)n1. The molecule has 2 heterocycles. The van der Waals surface area contributed by atoms with Crippen LogP contribution in [0.25, 0.3) is 0 Å². The van der Waals surface area contributed by atoms with Gasteiger partial charge in [0.15, 0.2) is 5.82 Å². The molecule has 0 spiro atoms. The molecule has 2 aromatic rings. The normalized spacial score (nSPS) is 20.5. The number of hydrogen-bond acceptors (Lipinski definition) is 5. The summed E-state index contributed by atoms with van der Waals surface area (Å²) in [5.74, 6) is 1.80. The number of carbonyl (C=O) groups is 1. The van der Waals surface area contributed by atoms with Gasteiger partial charge >= 0.3 is 0 Å². The van der Waals surface area contributed by atoms with Crippen LogP contribution < -0.4 is 0 Å². The Kier molecular flexibility index (Phi) is 4.30. The van der Waals surface area contributed by atoms with Gasteiger partial charge in [0.25, 0.3) is 0 Å². The standard InChI is InChI=1S/C18H21N3O3/c22-16(12-23-11-13-5-2-1-3-6-13)21-10-4-7-15(21)17-19-18(24-20-17)14-8-9-14/h1-3,5-6,14-15H,4,7-12H2. The maximum atomic E-state index is 12.5. The Morgan fingerprint density at radius 3 is 2.88 bits per heavy atom. The van der Waals surface area contributed by atoms with E-state index in [9.17, 15) is 4.79 Å². The summed E-state index contributed by atoms with van der Waals surface area (Å²) < 4.78 is 10.9. The summed E-state index contributed by atoms with van der Waals surface area (Å²) in [5.41, 5.74) is 1.07. The van der Waals surface area contributed by atoms with E-state index >= 15 is 0 Å². The molecule has 1 saturated carbocycles. The first-order valence-electron chi connectivity index (χ1n) is 8.56. The molecule has 0 radical (unpaired) electrons. The molecule has 1 saturated heterocycles. The lowest BCUT2D eigenvalue weighted by molar-refractivity contribution is -0.137. The molecular formula is C18H21N3O3. The van der Waals surface area contributed by atoms with Crippen molar-refractivity contribution in [2.45, 2.75) is 44.2 Å². The van der Waals surface area contributed by atoms with E-state index in [1.54, 1.807) is 0 Å². The third-order valence-electron chi connectivity index (χ3n) is 4.59. The van der Waals surface area contributed by atoms with E-state index in [4.69, 9.17) is 9.26 Å². The molecule has 1 amide bonds. The first-order chi connectivity index (χ1) is 11.8. The van der Waals surface area contributed by atoms with Gasteiger partial charge in [0, 0.05) is 12.5 Å². The molecule has 1 atom stereocenters. The minimum Gasteiger partial charge on any atom is -0.367 e. The Labute approximate surface area is 140 Å². The molecule has 6 nitrogen and oxygen atoms in total. The van der Waals surface area contributed by atoms with Crippen molar-refractivity contribution in [3.63, 3.8) is 0 Å². The van der Waals surface area contributed by atoms with Crippen molar-refractivity contribution in [3.8, 4) is 0 Å². The summed E-state index contributed by atoms with van der Waals surface area (Å²) in [7, 11) is 0. The van der Waals surface area contributed by atoms with Gasteiger partial charge in [-0.3, -0.25) is 4.79 Å². The van der Waals surface area contributed by atoms with E-state index in [-0.39, 0.29) is 18.6 Å². The molecular weight excluding hydrogens is 306 g/mol. The van der Waals surface area contributed by atoms with Crippen molar-refractivity contribution >= 4 is 5.91 Å². The second kappa shape index (κ2) is 6.73. The van der Waals surface area contributed by atoms with Crippen LogP contribution in [0.1, 0.15) is 54.9 Å². The van der Waals surface area contributed by atoms with E-state index in [0.717, 1.165) is 43.7 Å². The van der Waals surface area contributed by atoms with Crippen LogP contribution >= 0.6 is 0 Å². The molecule has 1 unspecified atom stereocenters. The highest BCUT2D eigenvalue weighted by Crippen LogP contribution is 2.40. The van der Waals surface area contributed by atoms with Gasteiger partial charge in [0.05, 0.1) is 12.6 Å². The van der Waals surface area contributed by atoms with Crippen LogP contribution in [-0.4, -0.2) is 34.1 Å². The molecule has 0 bridgehead atoms. The Morgan fingerprint density at radius 1 is 1.25 bits per heavy atom. The van der Waals surface area contributed by atoms with Crippen molar-refractivity contribution in [1.82, 2.24) is 15.0 Å². The lowest BCUT2D eigenvalue weighted by atomic mass is 10.2. The molecule has 1 aliphatic carbocycles. The summed E-state index contributed by atoms with van der Waals surface area (Å²) >= 11 is 0. The number of benzene rings is 1. The molecule has 2 fully saturated rings. The van der Waals surface area contributed by atoms with Crippen molar-refractivity contribution in [1.29, 1.82) is 0 Å². The number of carbonyl (C=O) groups excluding carboxylic acids is 1. The first kappa shape index (κ1) is 15.3. The van der Waals surface area contributed by atoms with Gasteiger partial charge in [-0.25, -0.2) is 0 Å². The van der Waals surface area contributed by atoms with Crippen LogP contribution in [0.2, 0.25) is 0 Å². The number of likely N-dealkylation sites (tertiary alicyclic amines) is 1. The fourth-order valence-electron chi connectivity index (χ4n) is 3.13. The Bertz CT molecular complexity index is 697. The monoisotopic (exact) mass is 327 g/mol.